The van der Waals surface area contributed by atoms with Crippen molar-refractivity contribution in [1.82, 2.24) is 19.7 Å². The molecule has 0 bridgehead atoms. The van der Waals surface area contributed by atoms with Crippen LogP contribution in [0.1, 0.15) is 5.56 Å². The molecule has 106 valence electrons. The number of halogens is 1. The summed E-state index contributed by atoms with van der Waals surface area (Å²) >= 11 is 2.21. The fourth-order valence-corrected chi connectivity index (χ4v) is 3.40. The molecule has 0 aliphatic rings. The maximum absolute atomic E-state index is 9.26. The Morgan fingerprint density at radius 2 is 2.14 bits per heavy atom. The summed E-state index contributed by atoms with van der Waals surface area (Å²) in [6.45, 7) is 0. The van der Waals surface area contributed by atoms with Gasteiger partial charge in [0.05, 0.1) is 17.3 Å². The van der Waals surface area contributed by atoms with Gasteiger partial charge in [0.1, 0.15) is 9.77 Å². The van der Waals surface area contributed by atoms with E-state index in [0.29, 0.717) is 5.56 Å². The van der Waals surface area contributed by atoms with Crippen molar-refractivity contribution in [3.8, 4) is 17.2 Å². The summed E-state index contributed by atoms with van der Waals surface area (Å²) in [5, 5.41) is 15.6. The minimum Gasteiger partial charge on any atom is -0.353 e. The molecule has 1 N–H and O–H groups in total. The molecule has 0 saturated heterocycles. The summed E-state index contributed by atoms with van der Waals surface area (Å²) < 4.78 is 2.68. The average molecular weight is 399 g/mol. The van der Waals surface area contributed by atoms with Crippen molar-refractivity contribution >= 4 is 44.4 Å². The molecular formula is C16H10IN5. The molecular weight excluding hydrogens is 389 g/mol. The van der Waals surface area contributed by atoms with Gasteiger partial charge < -0.3 is 4.98 Å². The molecule has 1 aromatic carbocycles. The number of nitrogens with one attached hydrogen (secondary N) is 1. The second-order valence-corrected chi connectivity index (χ2v) is 6.13. The highest BCUT2D eigenvalue weighted by Crippen LogP contribution is 2.32. The number of H-pyrrole nitrogens is 1. The van der Waals surface area contributed by atoms with Gasteiger partial charge in [-0.15, -0.1) is 0 Å². The zero-order valence-corrected chi connectivity index (χ0v) is 13.8. The third-order valence-electron chi connectivity index (χ3n) is 3.74. The number of hydrogen-bond acceptors (Lipinski definition) is 3. The van der Waals surface area contributed by atoms with Crippen LogP contribution in [-0.2, 0) is 7.05 Å². The second-order valence-electron chi connectivity index (χ2n) is 5.11. The van der Waals surface area contributed by atoms with Gasteiger partial charge >= 0.3 is 0 Å². The van der Waals surface area contributed by atoms with E-state index in [2.05, 4.69) is 61.9 Å². The highest BCUT2D eigenvalue weighted by Gasteiger charge is 2.13. The first-order valence-corrected chi connectivity index (χ1v) is 7.74. The van der Waals surface area contributed by atoms with Crippen LogP contribution in [0.4, 0.5) is 0 Å². The van der Waals surface area contributed by atoms with Crippen LogP contribution < -0.4 is 0 Å². The Kier molecular flexibility index (Phi) is 2.90. The Morgan fingerprint density at radius 1 is 1.27 bits per heavy atom. The molecule has 0 saturated carbocycles. The number of aryl methyl sites for hydroxylation is 1. The lowest BCUT2D eigenvalue weighted by Crippen LogP contribution is -1.85. The molecule has 0 atom stereocenters. The Morgan fingerprint density at radius 3 is 2.86 bits per heavy atom. The van der Waals surface area contributed by atoms with E-state index in [0.717, 1.165) is 36.6 Å². The summed E-state index contributed by atoms with van der Waals surface area (Å²) in [7, 11) is 1.90. The van der Waals surface area contributed by atoms with Crippen LogP contribution in [0.2, 0.25) is 0 Å². The average Bonchev–Trinajstić information content (AvgIpc) is 3.11. The van der Waals surface area contributed by atoms with Crippen molar-refractivity contribution in [2.24, 2.45) is 7.05 Å². The van der Waals surface area contributed by atoms with E-state index in [1.165, 1.54) is 0 Å². The molecule has 3 aromatic heterocycles. The Balaban J connectivity index is 2.04. The van der Waals surface area contributed by atoms with Crippen LogP contribution in [0.15, 0.2) is 36.8 Å². The van der Waals surface area contributed by atoms with Crippen LogP contribution in [0.5, 0.6) is 0 Å². The van der Waals surface area contributed by atoms with Crippen molar-refractivity contribution in [1.29, 1.82) is 5.26 Å². The highest BCUT2D eigenvalue weighted by molar-refractivity contribution is 14.1. The smallest absolute Gasteiger partial charge is 0.111 e. The van der Waals surface area contributed by atoms with Crippen molar-refractivity contribution in [3.05, 3.63) is 46.1 Å². The van der Waals surface area contributed by atoms with Crippen molar-refractivity contribution < 1.29 is 0 Å². The van der Waals surface area contributed by atoms with Crippen LogP contribution in [0.25, 0.3) is 32.9 Å². The Labute approximate surface area is 139 Å². The summed E-state index contributed by atoms with van der Waals surface area (Å²) in [5.74, 6) is 0. The number of aromatic nitrogens is 4. The minimum absolute atomic E-state index is 0.564. The number of benzene rings is 1. The lowest BCUT2D eigenvalue weighted by atomic mass is 10.1. The molecule has 0 aliphatic heterocycles. The van der Waals surface area contributed by atoms with Gasteiger partial charge in [-0.05, 0) is 34.2 Å². The molecule has 0 radical (unpaired) electrons. The van der Waals surface area contributed by atoms with Gasteiger partial charge in [-0.25, -0.2) is 4.98 Å². The molecule has 6 heteroatoms. The summed E-state index contributed by atoms with van der Waals surface area (Å²) in [6, 6.07) is 8.43. The zero-order valence-electron chi connectivity index (χ0n) is 11.6. The van der Waals surface area contributed by atoms with E-state index in [1.54, 1.807) is 10.9 Å². The van der Waals surface area contributed by atoms with Crippen LogP contribution >= 0.6 is 22.6 Å². The number of fused-ring (bicyclic) bond motifs is 3. The number of pyridine rings is 1. The molecule has 5 nitrogen and oxygen atoms in total. The first kappa shape index (κ1) is 13.3. The van der Waals surface area contributed by atoms with Gasteiger partial charge in [0.2, 0.25) is 0 Å². The molecule has 22 heavy (non-hydrogen) atoms. The standard InChI is InChI=1S/C16H10IN5/c1-22-8-11(7-20-22)9-2-3-12-13(4-9)21-15-10(5-18)6-19-16(17)14(12)15/h2-4,6-8,21H,1H3. The van der Waals surface area contributed by atoms with Crippen molar-refractivity contribution in [2.75, 3.05) is 0 Å². The molecule has 0 fully saturated rings. The lowest BCUT2D eigenvalue weighted by Gasteiger charge is -1.98. The van der Waals surface area contributed by atoms with Crippen LogP contribution in [0, 0.1) is 15.0 Å². The maximum atomic E-state index is 9.26. The van der Waals surface area contributed by atoms with E-state index >= 15 is 0 Å². The van der Waals surface area contributed by atoms with Gasteiger partial charge in [-0.1, -0.05) is 12.1 Å². The van der Waals surface area contributed by atoms with Gasteiger partial charge in [0.25, 0.3) is 0 Å². The topological polar surface area (TPSA) is 70.3 Å². The Hall–Kier alpha value is -2.40. The molecule has 4 rings (SSSR count). The fraction of sp³-hybridized carbons (Fsp3) is 0.0625. The Bertz CT molecular complexity index is 1070. The third-order valence-corrected chi connectivity index (χ3v) is 4.56. The van der Waals surface area contributed by atoms with E-state index in [1.807, 2.05) is 19.4 Å². The van der Waals surface area contributed by atoms with E-state index in [4.69, 9.17) is 0 Å². The first-order valence-electron chi connectivity index (χ1n) is 6.66. The first-order chi connectivity index (χ1) is 10.7. The highest BCUT2D eigenvalue weighted by atomic mass is 127. The van der Waals surface area contributed by atoms with Gasteiger partial charge in [-0.2, -0.15) is 10.4 Å². The van der Waals surface area contributed by atoms with Gasteiger partial charge in [-0.3, -0.25) is 4.68 Å². The summed E-state index contributed by atoms with van der Waals surface area (Å²) in [6.07, 6.45) is 5.44. The molecule has 0 aliphatic carbocycles. The molecule has 0 spiro atoms. The van der Waals surface area contributed by atoms with E-state index < -0.39 is 0 Å². The van der Waals surface area contributed by atoms with Crippen molar-refractivity contribution in [3.63, 3.8) is 0 Å². The monoisotopic (exact) mass is 399 g/mol. The maximum Gasteiger partial charge on any atom is 0.111 e. The quantitative estimate of drug-likeness (QED) is 0.393. The van der Waals surface area contributed by atoms with Gasteiger partial charge in [0.15, 0.2) is 0 Å². The van der Waals surface area contributed by atoms with Crippen molar-refractivity contribution in [2.45, 2.75) is 0 Å². The normalized spacial score (nSPS) is 11.1. The summed E-state index contributed by atoms with van der Waals surface area (Å²) in [4.78, 5) is 7.68. The number of nitrogens with zero attached hydrogens (tertiary/aromatic N) is 4. The molecule has 0 unspecified atom stereocenters. The predicted molar refractivity (Wildman–Crippen MR) is 93.2 cm³/mol. The largest absolute Gasteiger partial charge is 0.353 e. The van der Waals surface area contributed by atoms with E-state index in [9.17, 15) is 5.26 Å². The number of aromatic amines is 1. The lowest BCUT2D eigenvalue weighted by molar-refractivity contribution is 0.768. The van der Waals surface area contributed by atoms with Gasteiger partial charge in [0, 0.05) is 41.3 Å². The van der Waals surface area contributed by atoms with Crippen LogP contribution in [-0.4, -0.2) is 19.7 Å². The molecule has 4 aromatic rings. The predicted octanol–water partition coefficient (Wildman–Crippen LogP) is 3.59. The van der Waals surface area contributed by atoms with Crippen LogP contribution in [0.3, 0.4) is 0 Å². The SMILES string of the molecule is Cn1cc(-c2ccc3c(c2)[nH]c2c(C#N)cnc(I)c23)cn1. The zero-order chi connectivity index (χ0) is 15.3. The number of nitriles is 1. The molecule has 0 amide bonds. The fourth-order valence-electron chi connectivity index (χ4n) is 2.70. The molecule has 3 heterocycles. The number of rotatable bonds is 1. The third kappa shape index (κ3) is 1.89. The summed E-state index contributed by atoms with van der Waals surface area (Å²) in [5.41, 5.74) is 4.57. The number of hydrogen-bond donors (Lipinski definition) is 1. The second kappa shape index (κ2) is 4.81. The minimum atomic E-state index is 0.564. The van der Waals surface area contributed by atoms with E-state index in [-0.39, 0.29) is 0 Å².